The number of nitrogens with zero attached hydrogens (tertiary/aromatic N) is 2. The van der Waals surface area contributed by atoms with E-state index in [2.05, 4.69) is 26.3 Å². The van der Waals surface area contributed by atoms with Crippen molar-refractivity contribution in [2.24, 2.45) is 0 Å². The molecule has 7 nitrogen and oxygen atoms in total. The zero-order valence-electron chi connectivity index (χ0n) is 20.2. The first-order chi connectivity index (χ1) is 16.9. The predicted octanol–water partition coefficient (Wildman–Crippen LogP) is 5.64. The highest BCUT2D eigenvalue weighted by atomic mass is 16.6. The lowest BCUT2D eigenvalue weighted by atomic mass is 10.1. The molecule has 1 aromatic carbocycles. The number of pyridine rings is 2. The Hall–Kier alpha value is -4.13. The van der Waals surface area contributed by atoms with Gasteiger partial charge in [0.15, 0.2) is 0 Å². The van der Waals surface area contributed by atoms with Gasteiger partial charge in [-0.1, -0.05) is 30.4 Å². The fraction of sp³-hybridized carbons (Fsp3) is 0.250. The number of para-hydroxylation sites is 1. The molecule has 180 valence electrons. The van der Waals surface area contributed by atoms with E-state index in [4.69, 9.17) is 9.47 Å². The van der Waals surface area contributed by atoms with Crippen molar-refractivity contribution in [2.75, 3.05) is 6.61 Å². The molecule has 4 aromatic rings. The maximum Gasteiger partial charge on any atom is 0.408 e. The molecule has 0 bridgehead atoms. The molecule has 3 aromatic heterocycles. The first-order valence-electron chi connectivity index (χ1n) is 11.6. The molecule has 1 amide bonds. The van der Waals surface area contributed by atoms with Crippen molar-refractivity contribution >= 4 is 29.1 Å². The van der Waals surface area contributed by atoms with Crippen molar-refractivity contribution in [3.63, 3.8) is 0 Å². The van der Waals surface area contributed by atoms with Gasteiger partial charge >= 0.3 is 6.09 Å². The number of hydrogen-bond donors (Lipinski definition) is 2. The Morgan fingerprint density at radius 2 is 1.83 bits per heavy atom. The maximum absolute atomic E-state index is 12.5. The Morgan fingerprint density at radius 3 is 2.63 bits per heavy atom. The highest BCUT2D eigenvalue weighted by Crippen LogP contribution is 2.20. The van der Waals surface area contributed by atoms with Crippen LogP contribution < -0.4 is 10.1 Å². The lowest BCUT2D eigenvalue weighted by Gasteiger charge is -2.24. The van der Waals surface area contributed by atoms with Gasteiger partial charge in [0, 0.05) is 35.7 Å². The van der Waals surface area contributed by atoms with Crippen LogP contribution in [0.25, 0.3) is 23.1 Å². The summed E-state index contributed by atoms with van der Waals surface area (Å²) in [6.07, 6.45) is 13.0. The number of carbonyl (C=O) groups is 1. The number of aromatic nitrogens is 3. The number of amides is 1. The third-order valence-electron chi connectivity index (χ3n) is 5.22. The van der Waals surface area contributed by atoms with Crippen LogP contribution in [0.1, 0.15) is 37.5 Å². The molecule has 7 heteroatoms. The quantitative estimate of drug-likeness (QED) is 0.348. The zero-order valence-corrected chi connectivity index (χ0v) is 20.2. The SMILES string of the molecule is CC(C)(C)OC(=O)N[C@H](COc1cncc(C=Cc2ccncc2)c1)Cc1c[nH]c2ccccc12. The number of benzene rings is 1. The van der Waals surface area contributed by atoms with E-state index in [0.29, 0.717) is 12.2 Å². The van der Waals surface area contributed by atoms with Crippen LogP contribution in [0.15, 0.2) is 73.4 Å². The molecule has 0 aliphatic rings. The van der Waals surface area contributed by atoms with Crippen LogP contribution in [-0.4, -0.2) is 39.3 Å². The number of H-pyrrole nitrogens is 1. The third kappa shape index (κ3) is 7.17. The summed E-state index contributed by atoms with van der Waals surface area (Å²) in [7, 11) is 0. The smallest absolute Gasteiger partial charge is 0.408 e. The number of carbonyl (C=O) groups excluding carboxylic acids is 1. The lowest BCUT2D eigenvalue weighted by Crippen LogP contribution is -2.43. The number of alkyl carbamates (subject to hydrolysis) is 1. The molecular weight excluding hydrogens is 440 g/mol. The molecule has 0 radical (unpaired) electrons. The number of nitrogens with one attached hydrogen (secondary N) is 2. The second-order valence-electron chi connectivity index (χ2n) is 9.29. The normalized spacial score (nSPS) is 12.5. The van der Waals surface area contributed by atoms with E-state index in [1.165, 1.54) is 0 Å². The molecule has 0 saturated carbocycles. The van der Waals surface area contributed by atoms with E-state index < -0.39 is 11.7 Å². The number of ether oxygens (including phenoxy) is 2. The minimum atomic E-state index is -0.588. The van der Waals surface area contributed by atoms with Crippen LogP contribution in [0.4, 0.5) is 4.79 Å². The van der Waals surface area contributed by atoms with Crippen LogP contribution in [0, 0.1) is 0 Å². The van der Waals surface area contributed by atoms with E-state index in [-0.39, 0.29) is 12.6 Å². The Labute approximate surface area is 205 Å². The molecule has 0 fully saturated rings. The van der Waals surface area contributed by atoms with Gasteiger partial charge in [-0.25, -0.2) is 4.79 Å². The number of fused-ring (bicyclic) bond motifs is 1. The Kier molecular flexibility index (Phi) is 7.45. The summed E-state index contributed by atoms with van der Waals surface area (Å²) in [5, 5.41) is 4.09. The molecule has 35 heavy (non-hydrogen) atoms. The van der Waals surface area contributed by atoms with Crippen molar-refractivity contribution in [2.45, 2.75) is 38.8 Å². The second kappa shape index (κ2) is 10.9. The van der Waals surface area contributed by atoms with Crippen molar-refractivity contribution in [3.05, 3.63) is 90.1 Å². The van der Waals surface area contributed by atoms with Crippen LogP contribution in [0.3, 0.4) is 0 Å². The molecule has 4 rings (SSSR count). The summed E-state index contributed by atoms with van der Waals surface area (Å²) in [6.45, 7) is 5.79. The van der Waals surface area contributed by atoms with E-state index in [9.17, 15) is 4.79 Å². The molecule has 0 aliphatic carbocycles. The first kappa shape index (κ1) is 24.0. The standard InChI is InChI=1S/C28H30N4O3/c1-28(2,3)35-27(33)32-23(15-22-17-31-26-7-5-4-6-25(22)26)19-34-24-14-21(16-30-18-24)9-8-20-10-12-29-13-11-20/h4-14,16-18,23,31H,15,19H2,1-3H3,(H,32,33)/t23-/m0/s1. The van der Waals surface area contributed by atoms with Gasteiger partial charge in [0.1, 0.15) is 18.0 Å². The fourth-order valence-electron chi connectivity index (χ4n) is 3.66. The Bertz CT molecular complexity index is 1290. The molecular formula is C28H30N4O3. The van der Waals surface area contributed by atoms with E-state index >= 15 is 0 Å². The molecule has 0 saturated heterocycles. The maximum atomic E-state index is 12.5. The summed E-state index contributed by atoms with van der Waals surface area (Å²) in [6, 6.07) is 13.6. The zero-order chi connectivity index (χ0) is 24.7. The van der Waals surface area contributed by atoms with Crippen molar-refractivity contribution in [1.29, 1.82) is 0 Å². The van der Waals surface area contributed by atoms with Gasteiger partial charge in [0.25, 0.3) is 0 Å². The molecule has 0 unspecified atom stereocenters. The largest absolute Gasteiger partial charge is 0.490 e. The molecule has 1 atom stereocenters. The van der Waals surface area contributed by atoms with E-state index in [1.807, 2.05) is 75.5 Å². The molecule has 0 spiro atoms. The number of aromatic amines is 1. The molecule has 3 heterocycles. The summed E-state index contributed by atoms with van der Waals surface area (Å²) in [5.41, 5.74) is 3.52. The second-order valence-corrected chi connectivity index (χ2v) is 9.29. The van der Waals surface area contributed by atoms with Gasteiger partial charge in [-0.2, -0.15) is 0 Å². The first-order valence-corrected chi connectivity index (χ1v) is 11.6. The van der Waals surface area contributed by atoms with Gasteiger partial charge in [-0.15, -0.1) is 0 Å². The van der Waals surface area contributed by atoms with Crippen molar-refractivity contribution in [1.82, 2.24) is 20.3 Å². The highest BCUT2D eigenvalue weighted by Gasteiger charge is 2.21. The van der Waals surface area contributed by atoms with Crippen LogP contribution >= 0.6 is 0 Å². The van der Waals surface area contributed by atoms with Gasteiger partial charge in [-0.3, -0.25) is 9.97 Å². The average molecular weight is 471 g/mol. The summed E-state index contributed by atoms with van der Waals surface area (Å²) in [5.74, 6) is 0.622. The number of hydrogen-bond acceptors (Lipinski definition) is 5. The predicted molar refractivity (Wildman–Crippen MR) is 138 cm³/mol. The fourth-order valence-corrected chi connectivity index (χ4v) is 3.66. The van der Waals surface area contributed by atoms with E-state index in [0.717, 1.165) is 27.6 Å². The lowest BCUT2D eigenvalue weighted by molar-refractivity contribution is 0.0488. The highest BCUT2D eigenvalue weighted by molar-refractivity contribution is 5.83. The molecule has 2 N–H and O–H groups in total. The topological polar surface area (TPSA) is 89.1 Å². The molecule has 0 aliphatic heterocycles. The monoisotopic (exact) mass is 470 g/mol. The Balaban J connectivity index is 1.46. The third-order valence-corrected chi connectivity index (χ3v) is 5.22. The van der Waals surface area contributed by atoms with Gasteiger partial charge in [0.2, 0.25) is 0 Å². The Morgan fingerprint density at radius 1 is 1.06 bits per heavy atom. The van der Waals surface area contributed by atoms with Crippen LogP contribution in [0.2, 0.25) is 0 Å². The van der Waals surface area contributed by atoms with Gasteiger partial charge in [-0.05, 0) is 68.1 Å². The van der Waals surface area contributed by atoms with Gasteiger partial charge < -0.3 is 19.8 Å². The minimum Gasteiger partial charge on any atom is -0.490 e. The minimum absolute atomic E-state index is 0.262. The van der Waals surface area contributed by atoms with Crippen molar-refractivity contribution in [3.8, 4) is 5.75 Å². The van der Waals surface area contributed by atoms with Gasteiger partial charge in [0.05, 0.1) is 12.2 Å². The summed E-state index contributed by atoms with van der Waals surface area (Å²) in [4.78, 5) is 24.1. The summed E-state index contributed by atoms with van der Waals surface area (Å²) < 4.78 is 11.5. The van der Waals surface area contributed by atoms with Crippen LogP contribution in [0.5, 0.6) is 5.75 Å². The summed E-state index contributed by atoms with van der Waals surface area (Å²) >= 11 is 0. The average Bonchev–Trinajstić information content (AvgIpc) is 3.24. The van der Waals surface area contributed by atoms with E-state index in [1.54, 1.807) is 24.8 Å². The number of rotatable bonds is 8. The van der Waals surface area contributed by atoms with Crippen LogP contribution in [-0.2, 0) is 11.2 Å². The van der Waals surface area contributed by atoms with Crippen molar-refractivity contribution < 1.29 is 14.3 Å².